The van der Waals surface area contributed by atoms with Crippen LogP contribution in [0.2, 0.25) is 0 Å². The number of nitrogens with one attached hydrogen (secondary N) is 2. The Morgan fingerprint density at radius 2 is 2.07 bits per heavy atom. The van der Waals surface area contributed by atoms with Gasteiger partial charge in [0, 0.05) is 4.47 Å². The van der Waals surface area contributed by atoms with Crippen molar-refractivity contribution in [1.29, 1.82) is 0 Å². The van der Waals surface area contributed by atoms with Gasteiger partial charge in [0.25, 0.3) is 10.0 Å². The van der Waals surface area contributed by atoms with E-state index in [2.05, 4.69) is 15.9 Å². The largest absolute Gasteiger partial charge is 0.351 e. The van der Waals surface area contributed by atoms with Crippen molar-refractivity contribution in [2.75, 3.05) is 0 Å². The molecule has 8 heteroatoms. The highest BCUT2D eigenvalue weighted by Gasteiger charge is 2.13. The summed E-state index contributed by atoms with van der Waals surface area (Å²) in [5, 5.41) is 0. The lowest BCUT2D eigenvalue weighted by molar-refractivity contribution is 0.247. The number of halogens is 1. The first-order valence-electron chi connectivity index (χ1n) is 3.74. The Labute approximate surface area is 95.0 Å². The molecule has 0 bridgehead atoms. The molecule has 4 N–H and O–H groups in total. The maximum absolute atomic E-state index is 11.5. The summed E-state index contributed by atoms with van der Waals surface area (Å²) >= 11 is 3.13. The minimum absolute atomic E-state index is 0.0191. The van der Waals surface area contributed by atoms with Crippen LogP contribution in [0.3, 0.4) is 0 Å². The molecule has 1 rings (SSSR count). The number of hydrogen-bond donors (Lipinski definition) is 3. The third-order valence-corrected chi connectivity index (χ3v) is 3.15. The van der Waals surface area contributed by atoms with Gasteiger partial charge in [0.2, 0.25) is 0 Å². The Hall–Kier alpha value is -1.12. The standard InChI is InChI=1S/C7H8BrN3O3S/c8-5-2-1-3-6(4-5)15(13,14)11-10-7(9)12/h1-4,11H,(H3,9,10,12). The highest BCUT2D eigenvalue weighted by molar-refractivity contribution is 9.10. The average Bonchev–Trinajstić information content (AvgIpc) is 2.15. The molecule has 15 heavy (non-hydrogen) atoms. The summed E-state index contributed by atoms with van der Waals surface area (Å²) in [5.41, 5.74) is 6.51. The van der Waals surface area contributed by atoms with Gasteiger partial charge in [0.1, 0.15) is 0 Å². The lowest BCUT2D eigenvalue weighted by atomic mass is 10.4. The van der Waals surface area contributed by atoms with Gasteiger partial charge in [0.05, 0.1) is 4.90 Å². The number of nitrogens with two attached hydrogens (primary N) is 1. The van der Waals surface area contributed by atoms with E-state index in [1.165, 1.54) is 12.1 Å². The molecule has 0 radical (unpaired) electrons. The fourth-order valence-electron chi connectivity index (χ4n) is 0.811. The number of hydrazine groups is 1. The molecule has 0 unspecified atom stereocenters. The van der Waals surface area contributed by atoms with Crippen molar-refractivity contribution in [3.05, 3.63) is 28.7 Å². The number of benzene rings is 1. The Kier molecular flexibility index (Phi) is 3.66. The summed E-state index contributed by atoms with van der Waals surface area (Å²) in [6.07, 6.45) is 0. The lowest BCUT2D eigenvalue weighted by Crippen LogP contribution is -2.44. The van der Waals surface area contributed by atoms with E-state index >= 15 is 0 Å². The van der Waals surface area contributed by atoms with Crippen molar-refractivity contribution in [2.45, 2.75) is 4.90 Å². The second-order valence-electron chi connectivity index (χ2n) is 2.55. The number of carbonyl (C=O) groups is 1. The van der Waals surface area contributed by atoms with Crippen LogP contribution < -0.4 is 16.0 Å². The third kappa shape index (κ3) is 3.50. The second kappa shape index (κ2) is 4.60. The van der Waals surface area contributed by atoms with Crippen LogP contribution in [-0.4, -0.2) is 14.4 Å². The molecule has 6 nitrogen and oxygen atoms in total. The SMILES string of the molecule is NC(=O)NNS(=O)(=O)c1cccc(Br)c1. The molecule has 0 aliphatic rings. The van der Waals surface area contributed by atoms with Gasteiger partial charge in [-0.1, -0.05) is 22.0 Å². The van der Waals surface area contributed by atoms with E-state index in [4.69, 9.17) is 5.73 Å². The quantitative estimate of drug-likeness (QED) is 0.699. The highest BCUT2D eigenvalue weighted by atomic mass is 79.9. The molecule has 0 aliphatic heterocycles. The third-order valence-electron chi connectivity index (χ3n) is 1.41. The number of carbonyl (C=O) groups excluding carboxylic acids is 1. The van der Waals surface area contributed by atoms with Crippen molar-refractivity contribution in [2.24, 2.45) is 5.73 Å². The summed E-state index contributed by atoms with van der Waals surface area (Å²) in [6, 6.07) is 5.04. The van der Waals surface area contributed by atoms with E-state index in [0.29, 0.717) is 4.47 Å². The predicted octanol–water partition coefficient (Wildman–Crippen LogP) is 0.311. The first-order chi connectivity index (χ1) is 6.92. The summed E-state index contributed by atoms with van der Waals surface area (Å²) < 4.78 is 23.6. The Morgan fingerprint density at radius 1 is 1.40 bits per heavy atom. The zero-order valence-corrected chi connectivity index (χ0v) is 9.80. The topological polar surface area (TPSA) is 101 Å². The van der Waals surface area contributed by atoms with Crippen LogP contribution >= 0.6 is 15.9 Å². The van der Waals surface area contributed by atoms with E-state index in [9.17, 15) is 13.2 Å². The van der Waals surface area contributed by atoms with E-state index in [-0.39, 0.29) is 4.90 Å². The smallest absolute Gasteiger partial charge is 0.327 e. The van der Waals surface area contributed by atoms with Crippen LogP contribution in [-0.2, 0) is 10.0 Å². The predicted molar refractivity (Wildman–Crippen MR) is 57.2 cm³/mol. The lowest BCUT2D eigenvalue weighted by Gasteiger charge is -2.06. The van der Waals surface area contributed by atoms with Crippen LogP contribution in [0, 0.1) is 0 Å². The molecule has 0 saturated heterocycles. The first-order valence-corrected chi connectivity index (χ1v) is 6.02. The fraction of sp³-hybridized carbons (Fsp3) is 0. The van der Waals surface area contributed by atoms with Gasteiger partial charge < -0.3 is 5.73 Å². The van der Waals surface area contributed by atoms with Gasteiger partial charge in [-0.25, -0.2) is 13.2 Å². The van der Waals surface area contributed by atoms with Gasteiger partial charge >= 0.3 is 6.03 Å². The minimum Gasteiger partial charge on any atom is -0.351 e. The van der Waals surface area contributed by atoms with E-state index < -0.39 is 16.1 Å². The molecule has 0 spiro atoms. The Bertz CT molecular complexity index is 474. The van der Waals surface area contributed by atoms with Crippen molar-refractivity contribution in [3.8, 4) is 0 Å². The maximum atomic E-state index is 11.5. The van der Waals surface area contributed by atoms with Crippen LogP contribution in [0.5, 0.6) is 0 Å². The van der Waals surface area contributed by atoms with Gasteiger partial charge in [-0.3, -0.25) is 5.43 Å². The zero-order valence-electron chi connectivity index (χ0n) is 7.40. The fourth-order valence-corrected chi connectivity index (χ4v) is 2.25. The monoisotopic (exact) mass is 293 g/mol. The number of sulfonamides is 1. The Balaban J connectivity index is 2.91. The number of urea groups is 1. The highest BCUT2D eigenvalue weighted by Crippen LogP contribution is 2.15. The second-order valence-corrected chi connectivity index (χ2v) is 5.15. The van der Waals surface area contributed by atoms with Gasteiger partial charge in [-0.15, -0.1) is 4.83 Å². The minimum atomic E-state index is -3.77. The molecule has 0 saturated carbocycles. The van der Waals surface area contributed by atoms with Crippen molar-refractivity contribution in [3.63, 3.8) is 0 Å². The summed E-state index contributed by atoms with van der Waals surface area (Å²) in [5.74, 6) is 0. The summed E-state index contributed by atoms with van der Waals surface area (Å²) in [7, 11) is -3.77. The molecule has 0 heterocycles. The molecule has 1 aromatic rings. The van der Waals surface area contributed by atoms with Crippen molar-refractivity contribution >= 4 is 32.0 Å². The van der Waals surface area contributed by atoms with Gasteiger partial charge in [-0.05, 0) is 18.2 Å². The first kappa shape index (κ1) is 12.0. The van der Waals surface area contributed by atoms with Crippen molar-refractivity contribution in [1.82, 2.24) is 10.3 Å². The van der Waals surface area contributed by atoms with Gasteiger partial charge in [0.15, 0.2) is 0 Å². The van der Waals surface area contributed by atoms with E-state index in [1.807, 2.05) is 4.83 Å². The number of hydrogen-bond acceptors (Lipinski definition) is 3. The molecule has 0 aliphatic carbocycles. The van der Waals surface area contributed by atoms with Crippen LogP contribution in [0.25, 0.3) is 0 Å². The molecule has 1 aromatic carbocycles. The van der Waals surface area contributed by atoms with Crippen LogP contribution in [0.4, 0.5) is 4.79 Å². The van der Waals surface area contributed by atoms with E-state index in [0.717, 1.165) is 0 Å². The molecular formula is C7H8BrN3O3S. The summed E-state index contributed by atoms with van der Waals surface area (Å²) in [6.45, 7) is 0. The maximum Gasteiger partial charge on any atom is 0.327 e. The van der Waals surface area contributed by atoms with Gasteiger partial charge in [-0.2, -0.15) is 0 Å². The molecular weight excluding hydrogens is 286 g/mol. The van der Waals surface area contributed by atoms with Crippen LogP contribution in [0.1, 0.15) is 0 Å². The molecule has 0 aromatic heterocycles. The normalized spacial score (nSPS) is 11.0. The zero-order chi connectivity index (χ0) is 11.5. The number of amides is 2. The Morgan fingerprint density at radius 3 is 2.60 bits per heavy atom. The van der Waals surface area contributed by atoms with Crippen LogP contribution in [0.15, 0.2) is 33.6 Å². The average molecular weight is 294 g/mol. The molecule has 82 valence electrons. The molecule has 0 fully saturated rings. The molecule has 0 atom stereocenters. The number of primary amides is 1. The van der Waals surface area contributed by atoms with E-state index in [1.54, 1.807) is 17.6 Å². The molecule has 2 amide bonds. The van der Waals surface area contributed by atoms with Crippen molar-refractivity contribution < 1.29 is 13.2 Å². The summed E-state index contributed by atoms with van der Waals surface area (Å²) in [4.78, 5) is 12.2. The number of rotatable bonds is 3.